The van der Waals surface area contributed by atoms with Crippen LogP contribution in [-0.2, 0) is 16.0 Å². The predicted octanol–water partition coefficient (Wildman–Crippen LogP) is 3.00. The highest BCUT2D eigenvalue weighted by Crippen LogP contribution is 2.29. The van der Waals surface area contributed by atoms with E-state index in [1.54, 1.807) is 39.8 Å². The molecule has 0 spiro atoms. The summed E-state index contributed by atoms with van der Waals surface area (Å²) < 4.78 is 5.13. The molecule has 6 nitrogen and oxygen atoms in total. The Morgan fingerprint density at radius 2 is 1.95 bits per heavy atom. The number of aliphatic carboxylic acids is 1. The molecule has 0 aliphatic heterocycles. The van der Waals surface area contributed by atoms with Gasteiger partial charge in [0.2, 0.25) is 0 Å². The second-order valence-electron chi connectivity index (χ2n) is 5.88. The number of para-hydroxylation sites is 1. The molecule has 3 N–H and O–H groups in total. The van der Waals surface area contributed by atoms with Gasteiger partial charge in [-0.25, -0.2) is 4.79 Å². The molecule has 0 radical (unpaired) electrons. The minimum absolute atomic E-state index is 0.129. The van der Waals surface area contributed by atoms with E-state index in [1.165, 1.54) is 6.07 Å². The standard InChI is InChI=1S/C15H21NO5/c1-9(13(18)19)8-10-6-5-7-11(17)12(10)16-14(20)21-15(2,3)4/h5-7,9,17H,8H2,1-4H3,(H,16,20)(H,18,19). The van der Waals surface area contributed by atoms with Gasteiger partial charge in [0, 0.05) is 0 Å². The fraction of sp³-hybridized carbons (Fsp3) is 0.467. The molecule has 1 amide bonds. The summed E-state index contributed by atoms with van der Waals surface area (Å²) in [6.07, 6.45) is -0.511. The molecule has 0 saturated heterocycles. The van der Waals surface area contributed by atoms with Crippen LogP contribution < -0.4 is 5.32 Å². The molecule has 0 aromatic heterocycles. The normalized spacial score (nSPS) is 12.6. The van der Waals surface area contributed by atoms with E-state index in [9.17, 15) is 14.7 Å². The number of anilines is 1. The van der Waals surface area contributed by atoms with Gasteiger partial charge in [0.05, 0.1) is 11.6 Å². The number of phenols is 1. The number of ether oxygens (including phenoxy) is 1. The van der Waals surface area contributed by atoms with Crippen LogP contribution in [0.4, 0.5) is 10.5 Å². The summed E-state index contributed by atoms with van der Waals surface area (Å²) >= 11 is 0. The third-order valence-electron chi connectivity index (χ3n) is 2.70. The third-order valence-corrected chi connectivity index (χ3v) is 2.70. The number of benzene rings is 1. The van der Waals surface area contributed by atoms with Gasteiger partial charge in [0.1, 0.15) is 11.4 Å². The zero-order valence-corrected chi connectivity index (χ0v) is 12.6. The highest BCUT2D eigenvalue weighted by Gasteiger charge is 2.20. The lowest BCUT2D eigenvalue weighted by Crippen LogP contribution is -2.27. The van der Waals surface area contributed by atoms with Crippen molar-refractivity contribution in [3.63, 3.8) is 0 Å². The summed E-state index contributed by atoms with van der Waals surface area (Å²) in [5, 5.41) is 21.3. The molecule has 1 aromatic rings. The summed E-state index contributed by atoms with van der Waals surface area (Å²) in [5.41, 5.74) is 0.0545. The number of amides is 1. The van der Waals surface area contributed by atoms with E-state index in [-0.39, 0.29) is 17.9 Å². The van der Waals surface area contributed by atoms with Crippen LogP contribution in [0.1, 0.15) is 33.3 Å². The van der Waals surface area contributed by atoms with Gasteiger partial charge in [-0.05, 0) is 38.8 Å². The SMILES string of the molecule is CC(Cc1cccc(O)c1NC(=O)OC(C)(C)C)C(=O)O. The number of hydrogen-bond donors (Lipinski definition) is 3. The van der Waals surface area contributed by atoms with Gasteiger partial charge in [0.25, 0.3) is 0 Å². The van der Waals surface area contributed by atoms with E-state index in [1.807, 2.05) is 0 Å². The number of nitrogens with one attached hydrogen (secondary N) is 1. The molecule has 1 aromatic carbocycles. The summed E-state index contributed by atoms with van der Waals surface area (Å²) in [4.78, 5) is 22.7. The lowest BCUT2D eigenvalue weighted by atomic mass is 9.99. The molecule has 0 saturated carbocycles. The van der Waals surface area contributed by atoms with E-state index in [0.717, 1.165) is 0 Å². The van der Waals surface area contributed by atoms with Crippen molar-refractivity contribution in [3.05, 3.63) is 23.8 Å². The Labute approximate surface area is 123 Å². The second-order valence-corrected chi connectivity index (χ2v) is 5.88. The molecule has 0 bridgehead atoms. The first-order valence-electron chi connectivity index (χ1n) is 6.64. The van der Waals surface area contributed by atoms with Gasteiger partial charge >= 0.3 is 12.1 Å². The Bertz CT molecular complexity index is 533. The Kier molecular flexibility index (Phi) is 5.18. The van der Waals surface area contributed by atoms with E-state index < -0.39 is 23.6 Å². The predicted molar refractivity (Wildman–Crippen MR) is 78.5 cm³/mol. The maximum Gasteiger partial charge on any atom is 0.412 e. The van der Waals surface area contributed by atoms with Crippen LogP contribution in [0.2, 0.25) is 0 Å². The minimum atomic E-state index is -0.943. The average Bonchev–Trinajstić information content (AvgIpc) is 2.31. The number of aromatic hydroxyl groups is 1. The number of carbonyl (C=O) groups excluding carboxylic acids is 1. The first kappa shape index (κ1) is 16.8. The van der Waals surface area contributed by atoms with E-state index in [2.05, 4.69) is 5.32 Å². The van der Waals surface area contributed by atoms with E-state index in [0.29, 0.717) is 5.56 Å². The van der Waals surface area contributed by atoms with E-state index in [4.69, 9.17) is 9.84 Å². The minimum Gasteiger partial charge on any atom is -0.506 e. The fourth-order valence-corrected chi connectivity index (χ4v) is 1.72. The zero-order valence-electron chi connectivity index (χ0n) is 12.6. The van der Waals surface area contributed by atoms with Crippen molar-refractivity contribution in [2.24, 2.45) is 5.92 Å². The zero-order chi connectivity index (χ0) is 16.2. The Morgan fingerprint density at radius 3 is 2.48 bits per heavy atom. The molecule has 1 unspecified atom stereocenters. The van der Waals surface area contributed by atoms with Crippen molar-refractivity contribution < 1.29 is 24.5 Å². The monoisotopic (exact) mass is 295 g/mol. The highest BCUT2D eigenvalue weighted by atomic mass is 16.6. The fourth-order valence-electron chi connectivity index (χ4n) is 1.72. The molecular formula is C15H21NO5. The number of carboxylic acid groups (broad SMARTS) is 1. The van der Waals surface area contributed by atoms with Crippen LogP contribution in [0.25, 0.3) is 0 Å². The number of carboxylic acids is 1. The van der Waals surface area contributed by atoms with Crippen LogP contribution >= 0.6 is 0 Å². The molecule has 0 aliphatic carbocycles. The van der Waals surface area contributed by atoms with Crippen molar-refractivity contribution in [2.45, 2.75) is 39.7 Å². The van der Waals surface area contributed by atoms with Crippen LogP contribution in [0.5, 0.6) is 5.75 Å². The van der Waals surface area contributed by atoms with E-state index >= 15 is 0 Å². The van der Waals surface area contributed by atoms with Crippen LogP contribution in [0.15, 0.2) is 18.2 Å². The van der Waals surface area contributed by atoms with Gasteiger partial charge in [-0.2, -0.15) is 0 Å². The number of phenolic OH excluding ortho intramolecular Hbond substituents is 1. The smallest absolute Gasteiger partial charge is 0.412 e. The molecule has 116 valence electrons. The lowest BCUT2D eigenvalue weighted by molar-refractivity contribution is -0.141. The second kappa shape index (κ2) is 6.47. The molecule has 0 aliphatic rings. The molecule has 0 heterocycles. The topological polar surface area (TPSA) is 95.9 Å². The summed E-state index contributed by atoms with van der Waals surface area (Å²) in [5.74, 6) is -1.71. The summed E-state index contributed by atoms with van der Waals surface area (Å²) in [6.45, 7) is 6.74. The maximum absolute atomic E-state index is 11.8. The third kappa shape index (κ3) is 5.33. The largest absolute Gasteiger partial charge is 0.506 e. The Morgan fingerprint density at radius 1 is 1.33 bits per heavy atom. The molecule has 1 atom stereocenters. The van der Waals surface area contributed by atoms with Crippen molar-refractivity contribution in [1.82, 2.24) is 0 Å². The quantitative estimate of drug-likeness (QED) is 0.742. The number of rotatable bonds is 4. The first-order chi connectivity index (χ1) is 9.60. The first-order valence-corrected chi connectivity index (χ1v) is 6.64. The molecule has 1 rings (SSSR count). The number of hydrogen-bond acceptors (Lipinski definition) is 4. The van der Waals surface area contributed by atoms with Gasteiger partial charge < -0.3 is 14.9 Å². The lowest BCUT2D eigenvalue weighted by Gasteiger charge is -2.21. The molecule has 6 heteroatoms. The summed E-state index contributed by atoms with van der Waals surface area (Å²) in [6, 6.07) is 4.67. The van der Waals surface area contributed by atoms with Crippen molar-refractivity contribution in [3.8, 4) is 5.75 Å². The summed E-state index contributed by atoms with van der Waals surface area (Å²) in [7, 11) is 0. The number of carbonyl (C=O) groups is 2. The van der Waals surface area contributed by atoms with Crippen molar-refractivity contribution >= 4 is 17.7 Å². The van der Waals surface area contributed by atoms with Gasteiger partial charge in [-0.1, -0.05) is 19.1 Å². The molecular weight excluding hydrogens is 274 g/mol. The van der Waals surface area contributed by atoms with Crippen molar-refractivity contribution in [2.75, 3.05) is 5.32 Å². The van der Waals surface area contributed by atoms with Gasteiger partial charge in [-0.15, -0.1) is 0 Å². The van der Waals surface area contributed by atoms with Crippen LogP contribution in [0.3, 0.4) is 0 Å². The Balaban J connectivity index is 2.95. The Hall–Kier alpha value is -2.24. The van der Waals surface area contributed by atoms with Gasteiger partial charge in [0.15, 0.2) is 0 Å². The van der Waals surface area contributed by atoms with Crippen molar-refractivity contribution in [1.29, 1.82) is 0 Å². The van der Waals surface area contributed by atoms with Crippen LogP contribution in [-0.4, -0.2) is 27.9 Å². The molecule has 21 heavy (non-hydrogen) atoms. The highest BCUT2D eigenvalue weighted by molar-refractivity contribution is 5.88. The maximum atomic E-state index is 11.8. The molecule has 0 fully saturated rings. The average molecular weight is 295 g/mol. The van der Waals surface area contributed by atoms with Crippen LogP contribution in [0, 0.1) is 5.92 Å². The van der Waals surface area contributed by atoms with Gasteiger partial charge in [-0.3, -0.25) is 10.1 Å².